The van der Waals surface area contributed by atoms with Crippen LogP contribution in [0.5, 0.6) is 11.5 Å². The molecule has 2 nitrogen and oxygen atoms in total. The number of rotatable bonds is 1. The lowest BCUT2D eigenvalue weighted by Crippen LogP contribution is -2.12. The van der Waals surface area contributed by atoms with Crippen molar-refractivity contribution in [3.63, 3.8) is 0 Å². The largest absolute Gasteiger partial charge is 0.493 e. The fraction of sp³-hybridized carbons (Fsp3) is 0.273. The molecule has 2 rings (SSSR count). The van der Waals surface area contributed by atoms with Gasteiger partial charge in [0, 0.05) is 5.56 Å². The molecular weight excluding hydrogens is 164 g/mol. The van der Waals surface area contributed by atoms with E-state index in [1.54, 1.807) is 7.11 Å². The van der Waals surface area contributed by atoms with Gasteiger partial charge in [-0.1, -0.05) is 18.2 Å². The summed E-state index contributed by atoms with van der Waals surface area (Å²) >= 11 is 0. The van der Waals surface area contributed by atoms with E-state index < -0.39 is 0 Å². The first-order valence-electron chi connectivity index (χ1n) is 4.33. The van der Waals surface area contributed by atoms with Crippen molar-refractivity contribution in [3.05, 3.63) is 29.8 Å². The molecule has 1 aliphatic rings. The Hall–Kier alpha value is -1.44. The van der Waals surface area contributed by atoms with Crippen LogP contribution in [0.25, 0.3) is 6.08 Å². The number of benzene rings is 1. The fourth-order valence-electron chi connectivity index (χ4n) is 1.42. The molecule has 2 heteroatoms. The third-order valence-electron chi connectivity index (χ3n) is 2.08. The van der Waals surface area contributed by atoms with Crippen molar-refractivity contribution < 1.29 is 9.47 Å². The van der Waals surface area contributed by atoms with Gasteiger partial charge in [0.25, 0.3) is 0 Å². The predicted molar refractivity (Wildman–Crippen MR) is 52.1 cm³/mol. The highest BCUT2D eigenvalue weighted by Crippen LogP contribution is 2.35. The fourth-order valence-corrected chi connectivity index (χ4v) is 1.42. The lowest BCUT2D eigenvalue weighted by molar-refractivity contribution is 0.250. The number of hydrogen-bond donors (Lipinski definition) is 0. The Kier molecular flexibility index (Phi) is 1.97. The SMILES string of the molecule is COc1cccc2c1OC(C)C=C2. The minimum absolute atomic E-state index is 0.129. The predicted octanol–water partition coefficient (Wildman–Crippen LogP) is 2.49. The molecule has 68 valence electrons. The van der Waals surface area contributed by atoms with Gasteiger partial charge in [-0.2, -0.15) is 0 Å². The highest BCUT2D eigenvalue weighted by molar-refractivity contribution is 5.64. The first-order valence-corrected chi connectivity index (χ1v) is 4.33. The van der Waals surface area contributed by atoms with Gasteiger partial charge in [0.1, 0.15) is 6.10 Å². The second-order valence-corrected chi connectivity index (χ2v) is 3.06. The number of ether oxygens (including phenoxy) is 2. The van der Waals surface area contributed by atoms with E-state index in [-0.39, 0.29) is 6.10 Å². The van der Waals surface area contributed by atoms with Crippen molar-refractivity contribution in [1.29, 1.82) is 0 Å². The molecule has 0 bridgehead atoms. The Morgan fingerprint density at radius 3 is 3.00 bits per heavy atom. The van der Waals surface area contributed by atoms with E-state index in [1.807, 2.05) is 31.2 Å². The van der Waals surface area contributed by atoms with Crippen molar-refractivity contribution >= 4 is 6.08 Å². The van der Waals surface area contributed by atoms with E-state index in [1.165, 1.54) is 0 Å². The van der Waals surface area contributed by atoms with Gasteiger partial charge in [0.15, 0.2) is 11.5 Å². The molecule has 1 aromatic rings. The van der Waals surface area contributed by atoms with E-state index in [0.29, 0.717) is 0 Å². The second-order valence-electron chi connectivity index (χ2n) is 3.06. The van der Waals surface area contributed by atoms with Gasteiger partial charge < -0.3 is 9.47 Å². The van der Waals surface area contributed by atoms with Crippen LogP contribution in [0.2, 0.25) is 0 Å². The van der Waals surface area contributed by atoms with Gasteiger partial charge in [0.05, 0.1) is 7.11 Å². The molecule has 1 atom stereocenters. The van der Waals surface area contributed by atoms with Crippen molar-refractivity contribution in [2.24, 2.45) is 0 Å². The first kappa shape index (κ1) is 8.17. The standard InChI is InChI=1S/C11H12O2/c1-8-6-7-9-4-3-5-10(12-2)11(9)13-8/h3-8H,1-2H3. The van der Waals surface area contributed by atoms with Gasteiger partial charge in [-0.25, -0.2) is 0 Å². The third-order valence-corrected chi connectivity index (χ3v) is 2.08. The van der Waals surface area contributed by atoms with Gasteiger partial charge >= 0.3 is 0 Å². The molecule has 1 heterocycles. The highest BCUT2D eigenvalue weighted by atomic mass is 16.5. The molecule has 1 aromatic carbocycles. The van der Waals surface area contributed by atoms with Crippen LogP contribution < -0.4 is 9.47 Å². The Labute approximate surface area is 77.8 Å². The maximum Gasteiger partial charge on any atom is 0.169 e. The third kappa shape index (κ3) is 1.39. The molecule has 0 spiro atoms. The maximum absolute atomic E-state index is 5.64. The number of fused-ring (bicyclic) bond motifs is 1. The van der Waals surface area contributed by atoms with Crippen LogP contribution >= 0.6 is 0 Å². The monoisotopic (exact) mass is 176 g/mol. The molecule has 1 unspecified atom stereocenters. The molecule has 0 aromatic heterocycles. The van der Waals surface area contributed by atoms with Crippen LogP contribution in [0.4, 0.5) is 0 Å². The van der Waals surface area contributed by atoms with E-state index in [9.17, 15) is 0 Å². The van der Waals surface area contributed by atoms with Crippen molar-refractivity contribution in [3.8, 4) is 11.5 Å². The number of hydrogen-bond acceptors (Lipinski definition) is 2. The summed E-state index contributed by atoms with van der Waals surface area (Å²) in [4.78, 5) is 0. The zero-order valence-electron chi connectivity index (χ0n) is 7.78. The molecule has 0 N–H and O–H groups in total. The highest BCUT2D eigenvalue weighted by Gasteiger charge is 2.14. The summed E-state index contributed by atoms with van der Waals surface area (Å²) in [5.41, 5.74) is 1.08. The Morgan fingerprint density at radius 1 is 1.38 bits per heavy atom. The summed E-state index contributed by atoms with van der Waals surface area (Å²) in [6, 6.07) is 5.88. The van der Waals surface area contributed by atoms with Crippen LogP contribution in [0.3, 0.4) is 0 Å². The van der Waals surface area contributed by atoms with Crippen LogP contribution in [-0.4, -0.2) is 13.2 Å². The zero-order chi connectivity index (χ0) is 9.26. The lowest BCUT2D eigenvalue weighted by atomic mass is 10.1. The van der Waals surface area contributed by atoms with Gasteiger partial charge in [-0.3, -0.25) is 0 Å². The quantitative estimate of drug-likeness (QED) is 0.654. The van der Waals surface area contributed by atoms with Gasteiger partial charge in [0.2, 0.25) is 0 Å². The molecule has 13 heavy (non-hydrogen) atoms. The van der Waals surface area contributed by atoms with E-state index in [0.717, 1.165) is 17.1 Å². The van der Waals surface area contributed by atoms with E-state index in [4.69, 9.17) is 9.47 Å². The molecule has 0 saturated carbocycles. The van der Waals surface area contributed by atoms with Crippen molar-refractivity contribution in [2.75, 3.05) is 7.11 Å². The molecular formula is C11H12O2. The molecule has 0 saturated heterocycles. The summed E-state index contributed by atoms with van der Waals surface area (Å²) in [5, 5.41) is 0. The van der Waals surface area contributed by atoms with Crippen LogP contribution in [0.1, 0.15) is 12.5 Å². The first-order chi connectivity index (χ1) is 6.31. The van der Waals surface area contributed by atoms with Crippen molar-refractivity contribution in [2.45, 2.75) is 13.0 Å². The Balaban J connectivity index is 2.49. The molecule has 0 aliphatic carbocycles. The molecule has 1 aliphatic heterocycles. The summed E-state index contributed by atoms with van der Waals surface area (Å²) in [6.45, 7) is 2.01. The van der Waals surface area contributed by atoms with Crippen molar-refractivity contribution in [1.82, 2.24) is 0 Å². The summed E-state index contributed by atoms with van der Waals surface area (Å²) in [7, 11) is 1.65. The van der Waals surface area contributed by atoms with Crippen LogP contribution in [0.15, 0.2) is 24.3 Å². The smallest absolute Gasteiger partial charge is 0.169 e. The average molecular weight is 176 g/mol. The van der Waals surface area contributed by atoms with Crippen LogP contribution in [-0.2, 0) is 0 Å². The molecule has 0 amide bonds. The van der Waals surface area contributed by atoms with Gasteiger partial charge in [-0.15, -0.1) is 0 Å². The summed E-state index contributed by atoms with van der Waals surface area (Å²) in [6.07, 6.45) is 4.22. The summed E-state index contributed by atoms with van der Waals surface area (Å²) in [5.74, 6) is 1.65. The normalized spacial score (nSPS) is 19.1. The lowest BCUT2D eigenvalue weighted by Gasteiger charge is -2.20. The molecule has 0 radical (unpaired) electrons. The Morgan fingerprint density at radius 2 is 2.23 bits per heavy atom. The zero-order valence-corrected chi connectivity index (χ0v) is 7.78. The van der Waals surface area contributed by atoms with Crippen LogP contribution in [0, 0.1) is 0 Å². The number of methoxy groups -OCH3 is 1. The Bertz CT molecular complexity index is 342. The topological polar surface area (TPSA) is 18.5 Å². The minimum Gasteiger partial charge on any atom is -0.493 e. The average Bonchev–Trinajstić information content (AvgIpc) is 2.17. The maximum atomic E-state index is 5.64. The molecule has 0 fully saturated rings. The van der Waals surface area contributed by atoms with E-state index >= 15 is 0 Å². The van der Waals surface area contributed by atoms with Gasteiger partial charge in [-0.05, 0) is 19.1 Å². The number of para-hydroxylation sites is 1. The second kappa shape index (κ2) is 3.13. The minimum atomic E-state index is 0.129. The van der Waals surface area contributed by atoms with E-state index in [2.05, 4.69) is 6.08 Å². The summed E-state index contributed by atoms with van der Waals surface area (Å²) < 4.78 is 10.8.